The smallest absolute Gasteiger partial charge is 0.251 e. The summed E-state index contributed by atoms with van der Waals surface area (Å²) in [5, 5.41) is 2.81. The minimum atomic E-state index is -3.63. The molecule has 1 aromatic rings. The summed E-state index contributed by atoms with van der Waals surface area (Å²) < 4.78 is 27.7. The molecule has 1 N–H and O–H groups in total. The van der Waals surface area contributed by atoms with Crippen molar-refractivity contribution in [2.45, 2.75) is 44.9 Å². The van der Waals surface area contributed by atoms with Crippen LogP contribution in [0.1, 0.15) is 50.4 Å². The maximum absolute atomic E-state index is 13.1. The highest BCUT2D eigenvalue weighted by atomic mass is 32.2. The molecule has 0 aromatic heterocycles. The van der Waals surface area contributed by atoms with E-state index in [0.717, 1.165) is 32.4 Å². The zero-order chi connectivity index (χ0) is 18.4. The van der Waals surface area contributed by atoms with E-state index in [2.05, 4.69) is 10.2 Å². The molecule has 1 aliphatic heterocycles. The third-order valence-electron chi connectivity index (χ3n) is 4.53. The number of carbonyl (C=O) groups is 1. The van der Waals surface area contributed by atoms with Crippen molar-refractivity contribution in [1.82, 2.24) is 9.62 Å². The SMILES string of the molecule is CCCNC(=O)c1ccc(N2CCCC2)c(S(=O)(=O)N(CC)CC)c1. The zero-order valence-electron chi connectivity index (χ0n) is 15.4. The first-order valence-electron chi connectivity index (χ1n) is 9.13. The average Bonchev–Trinajstić information content (AvgIpc) is 3.14. The Morgan fingerprint density at radius 3 is 2.36 bits per heavy atom. The first kappa shape index (κ1) is 19.7. The Hall–Kier alpha value is -1.60. The first-order chi connectivity index (χ1) is 12.0. The van der Waals surface area contributed by atoms with Crippen molar-refractivity contribution in [2.75, 3.05) is 37.6 Å². The first-order valence-corrected chi connectivity index (χ1v) is 10.6. The van der Waals surface area contributed by atoms with Crippen LogP contribution in [0.3, 0.4) is 0 Å². The monoisotopic (exact) mass is 367 g/mol. The van der Waals surface area contributed by atoms with Gasteiger partial charge in [-0.05, 0) is 37.5 Å². The Morgan fingerprint density at radius 1 is 1.16 bits per heavy atom. The van der Waals surface area contributed by atoms with Gasteiger partial charge in [-0.2, -0.15) is 4.31 Å². The molecule has 0 radical (unpaired) electrons. The molecule has 0 spiro atoms. The van der Waals surface area contributed by atoms with Crippen molar-refractivity contribution < 1.29 is 13.2 Å². The van der Waals surface area contributed by atoms with E-state index in [1.165, 1.54) is 10.4 Å². The lowest BCUT2D eigenvalue weighted by molar-refractivity contribution is 0.0953. The maximum Gasteiger partial charge on any atom is 0.251 e. The van der Waals surface area contributed by atoms with E-state index in [9.17, 15) is 13.2 Å². The van der Waals surface area contributed by atoms with Crippen molar-refractivity contribution >= 4 is 21.6 Å². The van der Waals surface area contributed by atoms with Crippen LogP contribution in [0.15, 0.2) is 23.1 Å². The zero-order valence-corrected chi connectivity index (χ0v) is 16.2. The summed E-state index contributed by atoms with van der Waals surface area (Å²) in [7, 11) is -3.63. The molecule has 1 fully saturated rings. The number of rotatable bonds is 8. The molecule has 0 unspecified atom stereocenters. The molecule has 7 heteroatoms. The van der Waals surface area contributed by atoms with Gasteiger partial charge in [-0.3, -0.25) is 4.79 Å². The number of benzene rings is 1. The van der Waals surface area contributed by atoms with Gasteiger partial charge in [-0.1, -0.05) is 20.8 Å². The van der Waals surface area contributed by atoms with Crippen LogP contribution in [-0.2, 0) is 10.0 Å². The molecule has 1 aromatic carbocycles. The summed E-state index contributed by atoms with van der Waals surface area (Å²) in [5.74, 6) is -0.231. The van der Waals surface area contributed by atoms with E-state index < -0.39 is 10.0 Å². The molecule has 140 valence electrons. The van der Waals surface area contributed by atoms with E-state index in [-0.39, 0.29) is 10.8 Å². The molecule has 1 aliphatic rings. The van der Waals surface area contributed by atoms with Gasteiger partial charge in [0.15, 0.2) is 0 Å². The second kappa shape index (κ2) is 8.67. The maximum atomic E-state index is 13.1. The lowest BCUT2D eigenvalue weighted by Gasteiger charge is -2.25. The van der Waals surface area contributed by atoms with Gasteiger partial charge < -0.3 is 10.2 Å². The fourth-order valence-corrected chi connectivity index (χ4v) is 4.82. The summed E-state index contributed by atoms with van der Waals surface area (Å²) in [4.78, 5) is 14.6. The molecule has 1 amide bonds. The third kappa shape index (κ3) is 4.33. The second-order valence-electron chi connectivity index (χ2n) is 6.22. The van der Waals surface area contributed by atoms with Gasteiger partial charge in [-0.15, -0.1) is 0 Å². The quantitative estimate of drug-likeness (QED) is 0.766. The summed E-state index contributed by atoms with van der Waals surface area (Å²) >= 11 is 0. The van der Waals surface area contributed by atoms with Gasteiger partial charge in [0.25, 0.3) is 5.91 Å². The standard InChI is InChI=1S/C18H29N3O3S/c1-4-11-19-18(22)15-9-10-16(20-12-7-8-13-20)17(14-15)25(23,24)21(5-2)6-3/h9-10,14H,4-8,11-13H2,1-3H3,(H,19,22). The van der Waals surface area contributed by atoms with Gasteiger partial charge in [0.05, 0.1) is 5.69 Å². The average molecular weight is 368 g/mol. The Morgan fingerprint density at radius 2 is 1.80 bits per heavy atom. The minimum absolute atomic E-state index is 0.231. The van der Waals surface area contributed by atoms with Gasteiger partial charge in [0.2, 0.25) is 10.0 Å². The van der Waals surface area contributed by atoms with Crippen LogP contribution in [0, 0.1) is 0 Å². The summed E-state index contributed by atoms with van der Waals surface area (Å²) in [5.41, 5.74) is 1.10. The van der Waals surface area contributed by atoms with Gasteiger partial charge >= 0.3 is 0 Å². The summed E-state index contributed by atoms with van der Waals surface area (Å²) in [6, 6.07) is 5.04. The Bertz CT molecular complexity index is 694. The molecule has 1 saturated heterocycles. The number of anilines is 1. The summed E-state index contributed by atoms with van der Waals surface area (Å²) in [6.07, 6.45) is 2.95. The highest BCUT2D eigenvalue weighted by molar-refractivity contribution is 7.89. The van der Waals surface area contributed by atoms with Crippen LogP contribution >= 0.6 is 0 Å². The molecule has 6 nitrogen and oxygen atoms in total. The Balaban J connectivity index is 2.49. The van der Waals surface area contributed by atoms with Crippen molar-refractivity contribution in [3.8, 4) is 0 Å². The fraction of sp³-hybridized carbons (Fsp3) is 0.611. The van der Waals surface area contributed by atoms with Crippen LogP contribution in [0.4, 0.5) is 5.69 Å². The van der Waals surface area contributed by atoms with Crippen LogP contribution in [-0.4, -0.2) is 51.4 Å². The molecule has 2 rings (SSSR count). The highest BCUT2D eigenvalue weighted by Crippen LogP contribution is 2.31. The van der Waals surface area contributed by atoms with Crippen molar-refractivity contribution in [2.24, 2.45) is 0 Å². The number of sulfonamides is 1. The van der Waals surface area contributed by atoms with E-state index >= 15 is 0 Å². The Kier molecular flexibility index (Phi) is 6.84. The second-order valence-corrected chi connectivity index (χ2v) is 8.13. The molecular weight excluding hydrogens is 338 g/mol. The Labute approximate surface area is 151 Å². The third-order valence-corrected chi connectivity index (χ3v) is 6.61. The van der Waals surface area contributed by atoms with E-state index in [1.807, 2.05) is 20.8 Å². The van der Waals surface area contributed by atoms with Crippen LogP contribution < -0.4 is 10.2 Å². The van der Waals surface area contributed by atoms with Crippen LogP contribution in [0.2, 0.25) is 0 Å². The predicted octanol–water partition coefficient (Wildman–Crippen LogP) is 2.46. The number of nitrogens with one attached hydrogen (secondary N) is 1. The summed E-state index contributed by atoms with van der Waals surface area (Å²) in [6.45, 7) is 8.72. The van der Waals surface area contributed by atoms with Gasteiger partial charge in [0.1, 0.15) is 4.90 Å². The molecule has 0 atom stereocenters. The van der Waals surface area contributed by atoms with E-state index in [1.54, 1.807) is 12.1 Å². The minimum Gasteiger partial charge on any atom is -0.370 e. The number of nitrogens with zero attached hydrogens (tertiary/aromatic N) is 2. The molecule has 1 heterocycles. The molecule has 0 aliphatic carbocycles. The molecular formula is C18H29N3O3S. The van der Waals surface area contributed by atoms with Crippen molar-refractivity contribution in [1.29, 1.82) is 0 Å². The highest BCUT2D eigenvalue weighted by Gasteiger charge is 2.29. The van der Waals surface area contributed by atoms with Crippen molar-refractivity contribution in [3.63, 3.8) is 0 Å². The topological polar surface area (TPSA) is 69.7 Å². The molecule has 25 heavy (non-hydrogen) atoms. The molecule has 0 saturated carbocycles. The molecule has 0 bridgehead atoms. The van der Waals surface area contributed by atoms with Crippen LogP contribution in [0.5, 0.6) is 0 Å². The normalized spacial score (nSPS) is 15.0. The lowest BCUT2D eigenvalue weighted by atomic mass is 10.2. The fourth-order valence-electron chi connectivity index (χ4n) is 3.12. The largest absolute Gasteiger partial charge is 0.370 e. The van der Waals surface area contributed by atoms with Crippen LogP contribution in [0.25, 0.3) is 0 Å². The number of amides is 1. The van der Waals surface area contributed by atoms with E-state index in [0.29, 0.717) is 30.9 Å². The lowest BCUT2D eigenvalue weighted by Crippen LogP contribution is -2.33. The van der Waals surface area contributed by atoms with Gasteiger partial charge in [0, 0.05) is 38.3 Å². The predicted molar refractivity (Wildman–Crippen MR) is 101 cm³/mol. The van der Waals surface area contributed by atoms with E-state index in [4.69, 9.17) is 0 Å². The number of hydrogen-bond donors (Lipinski definition) is 1. The van der Waals surface area contributed by atoms with Crippen molar-refractivity contribution in [3.05, 3.63) is 23.8 Å². The van der Waals surface area contributed by atoms with Gasteiger partial charge in [-0.25, -0.2) is 8.42 Å². The number of hydrogen-bond acceptors (Lipinski definition) is 4. The number of carbonyl (C=O) groups excluding carboxylic acids is 1.